The SMILES string of the molecule is CC(C)CC(NC(=O)c1ccc(Cl)cc1Cl)C(=O)NCCNC(=O)N(C)C. The van der Waals surface area contributed by atoms with Crippen molar-refractivity contribution in [3.8, 4) is 0 Å². The minimum Gasteiger partial charge on any atom is -0.353 e. The van der Waals surface area contributed by atoms with E-state index >= 15 is 0 Å². The first-order valence-corrected chi connectivity index (χ1v) is 9.36. The Bertz CT molecular complexity index is 681. The lowest BCUT2D eigenvalue weighted by Gasteiger charge is -2.21. The Morgan fingerprint density at radius 1 is 1.07 bits per heavy atom. The summed E-state index contributed by atoms with van der Waals surface area (Å²) in [4.78, 5) is 37.8. The monoisotopic (exact) mass is 416 g/mol. The van der Waals surface area contributed by atoms with E-state index in [4.69, 9.17) is 23.2 Å². The van der Waals surface area contributed by atoms with E-state index in [1.807, 2.05) is 13.8 Å². The average molecular weight is 417 g/mol. The molecule has 4 amide bonds. The molecule has 0 aliphatic heterocycles. The van der Waals surface area contributed by atoms with Crippen molar-refractivity contribution in [3.63, 3.8) is 0 Å². The molecule has 1 aromatic carbocycles. The predicted octanol–water partition coefficient (Wildman–Crippen LogP) is 2.53. The van der Waals surface area contributed by atoms with Crippen LogP contribution in [0.3, 0.4) is 0 Å². The van der Waals surface area contributed by atoms with Gasteiger partial charge >= 0.3 is 6.03 Å². The van der Waals surface area contributed by atoms with Crippen LogP contribution < -0.4 is 16.0 Å². The fourth-order valence-corrected chi connectivity index (χ4v) is 2.74. The molecule has 1 unspecified atom stereocenters. The van der Waals surface area contributed by atoms with E-state index < -0.39 is 11.9 Å². The third kappa shape index (κ3) is 8.05. The topological polar surface area (TPSA) is 90.5 Å². The Morgan fingerprint density at radius 2 is 1.70 bits per heavy atom. The van der Waals surface area contributed by atoms with E-state index in [9.17, 15) is 14.4 Å². The number of nitrogens with zero attached hydrogens (tertiary/aromatic N) is 1. The molecule has 0 radical (unpaired) electrons. The number of rotatable bonds is 8. The van der Waals surface area contributed by atoms with Gasteiger partial charge in [0, 0.05) is 32.2 Å². The quantitative estimate of drug-likeness (QED) is 0.568. The number of halogens is 2. The van der Waals surface area contributed by atoms with Crippen LogP contribution in [0.25, 0.3) is 0 Å². The van der Waals surface area contributed by atoms with Crippen LogP contribution in [0.2, 0.25) is 10.0 Å². The van der Waals surface area contributed by atoms with Gasteiger partial charge in [0.2, 0.25) is 5.91 Å². The fourth-order valence-electron chi connectivity index (χ4n) is 2.25. The smallest absolute Gasteiger partial charge is 0.316 e. The van der Waals surface area contributed by atoms with Crippen LogP contribution in [0.5, 0.6) is 0 Å². The summed E-state index contributed by atoms with van der Waals surface area (Å²) in [5.41, 5.74) is 0.251. The summed E-state index contributed by atoms with van der Waals surface area (Å²) in [5, 5.41) is 8.73. The van der Waals surface area contributed by atoms with Gasteiger partial charge < -0.3 is 20.9 Å². The van der Waals surface area contributed by atoms with Gasteiger partial charge in [-0.05, 0) is 30.5 Å². The second-order valence-electron chi connectivity index (χ2n) is 6.70. The summed E-state index contributed by atoms with van der Waals surface area (Å²) in [6.45, 7) is 4.46. The molecule has 0 saturated heterocycles. The summed E-state index contributed by atoms with van der Waals surface area (Å²) in [5.74, 6) is -0.574. The van der Waals surface area contributed by atoms with Crippen molar-refractivity contribution < 1.29 is 14.4 Å². The highest BCUT2D eigenvalue weighted by atomic mass is 35.5. The molecule has 0 saturated carbocycles. The van der Waals surface area contributed by atoms with E-state index in [0.717, 1.165) is 0 Å². The molecule has 0 aliphatic carbocycles. The molecule has 1 atom stereocenters. The van der Waals surface area contributed by atoms with Crippen LogP contribution in [0.15, 0.2) is 18.2 Å². The van der Waals surface area contributed by atoms with Gasteiger partial charge in [-0.2, -0.15) is 0 Å². The Kier molecular flexibility index (Phi) is 9.38. The summed E-state index contributed by atoms with van der Waals surface area (Å²) >= 11 is 11.9. The molecule has 1 aromatic rings. The molecular formula is C18H26Cl2N4O3. The van der Waals surface area contributed by atoms with Crippen LogP contribution in [0.1, 0.15) is 30.6 Å². The molecule has 3 N–H and O–H groups in total. The molecular weight excluding hydrogens is 391 g/mol. The van der Waals surface area contributed by atoms with Crippen LogP contribution >= 0.6 is 23.2 Å². The van der Waals surface area contributed by atoms with Crippen molar-refractivity contribution in [3.05, 3.63) is 33.8 Å². The van der Waals surface area contributed by atoms with Crippen LogP contribution in [-0.4, -0.2) is 56.0 Å². The molecule has 0 fully saturated rings. The first kappa shape index (κ1) is 23.0. The van der Waals surface area contributed by atoms with Crippen LogP contribution in [-0.2, 0) is 4.79 Å². The maximum atomic E-state index is 12.5. The largest absolute Gasteiger partial charge is 0.353 e. The molecule has 7 nitrogen and oxygen atoms in total. The van der Waals surface area contributed by atoms with Gasteiger partial charge in [0.05, 0.1) is 10.6 Å². The number of amides is 4. The van der Waals surface area contributed by atoms with Gasteiger partial charge in [0.25, 0.3) is 5.91 Å². The van der Waals surface area contributed by atoms with Crippen molar-refractivity contribution in [2.45, 2.75) is 26.3 Å². The molecule has 0 aromatic heterocycles. The Balaban J connectivity index is 2.67. The van der Waals surface area contributed by atoms with Crippen molar-refractivity contribution in [1.82, 2.24) is 20.9 Å². The Hall–Kier alpha value is -1.99. The summed E-state index contributed by atoms with van der Waals surface area (Å²) in [7, 11) is 3.26. The van der Waals surface area contributed by atoms with E-state index in [2.05, 4.69) is 16.0 Å². The fraction of sp³-hybridized carbons (Fsp3) is 0.500. The number of nitrogens with one attached hydrogen (secondary N) is 3. The van der Waals surface area contributed by atoms with Gasteiger partial charge in [-0.25, -0.2) is 4.79 Å². The van der Waals surface area contributed by atoms with Crippen LogP contribution in [0.4, 0.5) is 4.79 Å². The third-order valence-electron chi connectivity index (χ3n) is 3.61. The van der Waals surface area contributed by atoms with Crippen LogP contribution in [0, 0.1) is 5.92 Å². The van der Waals surface area contributed by atoms with E-state index in [1.54, 1.807) is 20.2 Å². The van der Waals surface area contributed by atoms with Gasteiger partial charge in [-0.3, -0.25) is 9.59 Å². The number of carbonyl (C=O) groups is 3. The maximum absolute atomic E-state index is 12.5. The second-order valence-corrected chi connectivity index (χ2v) is 7.54. The number of hydrogen-bond acceptors (Lipinski definition) is 3. The highest BCUT2D eigenvalue weighted by molar-refractivity contribution is 6.36. The number of hydrogen-bond donors (Lipinski definition) is 3. The predicted molar refractivity (Wildman–Crippen MR) is 107 cm³/mol. The molecule has 0 bridgehead atoms. The molecule has 1 rings (SSSR count). The van der Waals surface area contributed by atoms with E-state index in [1.165, 1.54) is 17.0 Å². The summed E-state index contributed by atoms with van der Waals surface area (Å²) < 4.78 is 0. The molecule has 150 valence electrons. The molecule has 9 heteroatoms. The zero-order valence-corrected chi connectivity index (χ0v) is 17.4. The lowest BCUT2D eigenvalue weighted by Crippen LogP contribution is -2.49. The standard InChI is InChI=1S/C18H26Cl2N4O3/c1-11(2)9-15(17(26)21-7-8-22-18(27)24(3)4)23-16(25)13-6-5-12(19)10-14(13)20/h5-6,10-11,15H,7-9H2,1-4H3,(H,21,26)(H,22,27)(H,23,25). The normalized spacial score (nSPS) is 11.7. The zero-order valence-electron chi connectivity index (χ0n) is 15.9. The molecule has 0 spiro atoms. The van der Waals surface area contributed by atoms with Gasteiger partial charge in [0.15, 0.2) is 0 Å². The Morgan fingerprint density at radius 3 is 2.26 bits per heavy atom. The summed E-state index contributed by atoms with van der Waals surface area (Å²) in [6.07, 6.45) is 0.465. The molecule has 27 heavy (non-hydrogen) atoms. The minimum absolute atomic E-state index is 0.190. The first-order chi connectivity index (χ1) is 12.6. The number of benzene rings is 1. The zero-order chi connectivity index (χ0) is 20.6. The Labute approximate surface area is 169 Å². The maximum Gasteiger partial charge on any atom is 0.316 e. The minimum atomic E-state index is -0.714. The highest BCUT2D eigenvalue weighted by Gasteiger charge is 2.23. The van der Waals surface area contributed by atoms with E-state index in [0.29, 0.717) is 11.4 Å². The van der Waals surface area contributed by atoms with Crippen molar-refractivity contribution in [2.75, 3.05) is 27.2 Å². The van der Waals surface area contributed by atoms with Gasteiger partial charge in [-0.1, -0.05) is 37.0 Å². The molecule has 0 aliphatic rings. The second kappa shape index (κ2) is 11.0. The number of urea groups is 1. The van der Waals surface area contributed by atoms with Crippen molar-refractivity contribution in [2.24, 2.45) is 5.92 Å². The average Bonchev–Trinajstić information content (AvgIpc) is 2.56. The number of carbonyl (C=O) groups excluding carboxylic acids is 3. The van der Waals surface area contributed by atoms with E-state index in [-0.39, 0.29) is 41.5 Å². The third-order valence-corrected chi connectivity index (χ3v) is 4.16. The highest BCUT2D eigenvalue weighted by Crippen LogP contribution is 2.21. The van der Waals surface area contributed by atoms with Crippen molar-refractivity contribution >= 4 is 41.0 Å². The van der Waals surface area contributed by atoms with Gasteiger partial charge in [-0.15, -0.1) is 0 Å². The molecule has 0 heterocycles. The lowest BCUT2D eigenvalue weighted by molar-refractivity contribution is -0.123. The van der Waals surface area contributed by atoms with Gasteiger partial charge in [0.1, 0.15) is 6.04 Å². The first-order valence-electron chi connectivity index (χ1n) is 8.60. The summed E-state index contributed by atoms with van der Waals surface area (Å²) in [6, 6.07) is 3.60. The lowest BCUT2D eigenvalue weighted by atomic mass is 10.0. The van der Waals surface area contributed by atoms with Crippen molar-refractivity contribution in [1.29, 1.82) is 0 Å².